The highest BCUT2D eigenvalue weighted by Gasteiger charge is 2.11. The largest absolute Gasteiger partial charge is 0.376 e. The number of halogens is 1. The average molecular weight is 214 g/mol. The van der Waals surface area contributed by atoms with Crippen molar-refractivity contribution in [2.24, 2.45) is 0 Å². The Bertz CT molecular complexity index is 275. The van der Waals surface area contributed by atoms with E-state index in [0.29, 0.717) is 0 Å². The summed E-state index contributed by atoms with van der Waals surface area (Å²) in [6, 6.07) is 0. The second-order valence-corrected chi connectivity index (χ2v) is 3.42. The van der Waals surface area contributed by atoms with Crippen molar-refractivity contribution in [2.75, 3.05) is 6.61 Å². The highest BCUT2D eigenvalue weighted by atomic mass is 79.9. The fourth-order valence-electron chi connectivity index (χ4n) is 1.24. The molecule has 1 aliphatic heterocycles. The van der Waals surface area contributed by atoms with Gasteiger partial charge in [-0.15, -0.1) is 0 Å². The average Bonchev–Trinajstić information content (AvgIpc) is 2.06. The molecule has 0 saturated carbocycles. The Hall–Kier alpha value is -0.410. The van der Waals surface area contributed by atoms with Gasteiger partial charge in [0.1, 0.15) is 0 Å². The maximum Gasteiger partial charge on any atom is 0.0731 e. The van der Waals surface area contributed by atoms with Crippen LogP contribution in [0.15, 0.2) is 16.9 Å². The number of hydrogen-bond acceptors (Lipinski definition) is 2. The summed E-state index contributed by atoms with van der Waals surface area (Å²) in [5, 5.41) is 0. The molecule has 0 aromatic carbocycles. The first kappa shape index (κ1) is 7.25. The molecular weight excluding hydrogens is 206 g/mol. The SMILES string of the molecule is Brc1cncc2c1COCC2. The normalized spacial score (nSPS) is 16.1. The molecule has 1 aliphatic rings. The summed E-state index contributed by atoms with van der Waals surface area (Å²) in [4.78, 5) is 4.10. The molecule has 0 radical (unpaired) electrons. The van der Waals surface area contributed by atoms with E-state index in [1.165, 1.54) is 11.1 Å². The number of aromatic nitrogens is 1. The molecule has 0 bridgehead atoms. The third-order valence-electron chi connectivity index (χ3n) is 1.86. The quantitative estimate of drug-likeness (QED) is 0.658. The molecule has 0 aliphatic carbocycles. The first-order valence-corrected chi connectivity index (χ1v) is 4.36. The lowest BCUT2D eigenvalue weighted by Gasteiger charge is -2.16. The minimum atomic E-state index is 0.721. The van der Waals surface area contributed by atoms with E-state index in [9.17, 15) is 0 Å². The van der Waals surface area contributed by atoms with Crippen LogP contribution in [0.1, 0.15) is 11.1 Å². The zero-order chi connectivity index (χ0) is 7.68. The van der Waals surface area contributed by atoms with Crippen LogP contribution in [-0.2, 0) is 17.8 Å². The van der Waals surface area contributed by atoms with Crippen molar-refractivity contribution >= 4 is 15.9 Å². The molecule has 0 amide bonds. The summed E-state index contributed by atoms with van der Waals surface area (Å²) in [6.45, 7) is 1.55. The molecule has 2 rings (SSSR count). The third kappa shape index (κ3) is 1.30. The van der Waals surface area contributed by atoms with Gasteiger partial charge in [-0.2, -0.15) is 0 Å². The van der Waals surface area contributed by atoms with Gasteiger partial charge in [0.05, 0.1) is 13.2 Å². The van der Waals surface area contributed by atoms with Crippen LogP contribution in [0.4, 0.5) is 0 Å². The van der Waals surface area contributed by atoms with Gasteiger partial charge in [0, 0.05) is 16.9 Å². The molecule has 2 nitrogen and oxygen atoms in total. The van der Waals surface area contributed by atoms with Gasteiger partial charge in [-0.25, -0.2) is 0 Å². The van der Waals surface area contributed by atoms with Crippen molar-refractivity contribution in [1.29, 1.82) is 0 Å². The molecule has 0 fully saturated rings. The fourth-order valence-corrected chi connectivity index (χ4v) is 1.72. The second kappa shape index (κ2) is 2.91. The highest BCUT2D eigenvalue weighted by molar-refractivity contribution is 9.10. The molecule has 0 atom stereocenters. The first-order chi connectivity index (χ1) is 5.38. The Kier molecular flexibility index (Phi) is 1.92. The minimum absolute atomic E-state index is 0.721. The monoisotopic (exact) mass is 213 g/mol. The molecule has 1 aromatic heterocycles. The third-order valence-corrected chi connectivity index (χ3v) is 2.54. The minimum Gasteiger partial charge on any atom is -0.376 e. The smallest absolute Gasteiger partial charge is 0.0731 e. The molecule has 0 unspecified atom stereocenters. The second-order valence-electron chi connectivity index (χ2n) is 2.56. The molecule has 0 saturated heterocycles. The lowest BCUT2D eigenvalue weighted by atomic mass is 10.1. The predicted octanol–water partition coefficient (Wildman–Crippen LogP) is 1.92. The van der Waals surface area contributed by atoms with E-state index >= 15 is 0 Å². The van der Waals surface area contributed by atoms with Crippen molar-refractivity contribution < 1.29 is 4.74 Å². The van der Waals surface area contributed by atoms with Crippen molar-refractivity contribution in [3.8, 4) is 0 Å². The lowest BCUT2D eigenvalue weighted by Crippen LogP contribution is -2.10. The van der Waals surface area contributed by atoms with Crippen LogP contribution in [0.3, 0.4) is 0 Å². The van der Waals surface area contributed by atoms with E-state index in [1.54, 1.807) is 0 Å². The number of ether oxygens (including phenoxy) is 1. The van der Waals surface area contributed by atoms with Crippen molar-refractivity contribution in [2.45, 2.75) is 13.0 Å². The lowest BCUT2D eigenvalue weighted by molar-refractivity contribution is 0.110. The molecule has 58 valence electrons. The highest BCUT2D eigenvalue weighted by Crippen LogP contribution is 2.23. The van der Waals surface area contributed by atoms with Gasteiger partial charge in [-0.1, -0.05) is 0 Å². The van der Waals surface area contributed by atoms with Crippen molar-refractivity contribution in [1.82, 2.24) is 4.98 Å². The van der Waals surface area contributed by atoms with E-state index in [2.05, 4.69) is 20.9 Å². The van der Waals surface area contributed by atoms with Gasteiger partial charge in [0.2, 0.25) is 0 Å². The van der Waals surface area contributed by atoms with Crippen LogP contribution in [0.5, 0.6) is 0 Å². The predicted molar refractivity (Wildman–Crippen MR) is 45.3 cm³/mol. The molecule has 3 heteroatoms. The maximum absolute atomic E-state index is 5.32. The summed E-state index contributed by atoms with van der Waals surface area (Å²) in [5.41, 5.74) is 2.57. The Balaban J connectivity index is 2.49. The van der Waals surface area contributed by atoms with E-state index in [4.69, 9.17) is 4.74 Å². The van der Waals surface area contributed by atoms with Gasteiger partial charge in [-0.05, 0) is 33.5 Å². The summed E-state index contributed by atoms with van der Waals surface area (Å²) in [7, 11) is 0. The van der Waals surface area contributed by atoms with Crippen LogP contribution in [0, 0.1) is 0 Å². The van der Waals surface area contributed by atoms with Crippen molar-refractivity contribution in [3.05, 3.63) is 28.0 Å². The van der Waals surface area contributed by atoms with Crippen molar-refractivity contribution in [3.63, 3.8) is 0 Å². The van der Waals surface area contributed by atoms with Crippen LogP contribution in [0.25, 0.3) is 0 Å². The summed E-state index contributed by atoms with van der Waals surface area (Å²) in [6.07, 6.45) is 4.72. The maximum atomic E-state index is 5.32. The van der Waals surface area contributed by atoms with E-state index in [-0.39, 0.29) is 0 Å². The summed E-state index contributed by atoms with van der Waals surface area (Å²) < 4.78 is 6.38. The van der Waals surface area contributed by atoms with Crippen LogP contribution in [-0.4, -0.2) is 11.6 Å². The molecule has 0 spiro atoms. The Morgan fingerprint density at radius 3 is 3.18 bits per heavy atom. The standard InChI is InChI=1S/C8H8BrNO/c9-8-4-10-3-6-1-2-11-5-7(6)8/h3-4H,1-2,5H2. The number of hydrogen-bond donors (Lipinski definition) is 0. The molecule has 2 heterocycles. The first-order valence-electron chi connectivity index (χ1n) is 3.57. The topological polar surface area (TPSA) is 22.1 Å². The fraction of sp³-hybridized carbons (Fsp3) is 0.375. The molecule has 1 aromatic rings. The number of rotatable bonds is 0. The Labute approximate surface area is 73.7 Å². The van der Waals surface area contributed by atoms with Crippen LogP contribution >= 0.6 is 15.9 Å². The Morgan fingerprint density at radius 2 is 2.36 bits per heavy atom. The summed E-state index contributed by atoms with van der Waals surface area (Å²) in [5.74, 6) is 0. The molecule has 11 heavy (non-hydrogen) atoms. The summed E-state index contributed by atoms with van der Waals surface area (Å²) >= 11 is 3.44. The number of pyridine rings is 1. The van der Waals surface area contributed by atoms with Crippen LogP contribution in [0.2, 0.25) is 0 Å². The van der Waals surface area contributed by atoms with E-state index < -0.39 is 0 Å². The van der Waals surface area contributed by atoms with Gasteiger partial charge in [0.15, 0.2) is 0 Å². The molecule has 0 N–H and O–H groups in total. The van der Waals surface area contributed by atoms with E-state index in [0.717, 1.165) is 24.1 Å². The van der Waals surface area contributed by atoms with Gasteiger partial charge in [0.25, 0.3) is 0 Å². The Morgan fingerprint density at radius 1 is 1.45 bits per heavy atom. The number of fused-ring (bicyclic) bond motifs is 1. The van der Waals surface area contributed by atoms with Gasteiger partial charge >= 0.3 is 0 Å². The van der Waals surface area contributed by atoms with Gasteiger partial charge in [-0.3, -0.25) is 4.98 Å². The van der Waals surface area contributed by atoms with Crippen LogP contribution < -0.4 is 0 Å². The van der Waals surface area contributed by atoms with E-state index in [1.807, 2.05) is 12.4 Å². The number of nitrogens with zero attached hydrogens (tertiary/aromatic N) is 1. The van der Waals surface area contributed by atoms with Gasteiger partial charge < -0.3 is 4.74 Å². The molecular formula is C8H8BrNO. The zero-order valence-electron chi connectivity index (χ0n) is 6.01. The zero-order valence-corrected chi connectivity index (χ0v) is 7.60.